The predicted molar refractivity (Wildman–Crippen MR) is 70.9 cm³/mol. The maximum absolute atomic E-state index is 6.24. The summed E-state index contributed by atoms with van der Waals surface area (Å²) in [6, 6.07) is 6.16. The second kappa shape index (κ2) is 4.23. The van der Waals surface area contributed by atoms with E-state index in [4.69, 9.17) is 11.6 Å². The van der Waals surface area contributed by atoms with Crippen molar-refractivity contribution in [2.45, 2.75) is 32.2 Å². The monoisotopic (exact) mass is 235 g/mol. The van der Waals surface area contributed by atoms with Crippen LogP contribution in [0.4, 0.5) is 0 Å². The van der Waals surface area contributed by atoms with E-state index in [1.807, 2.05) is 19.2 Å². The minimum atomic E-state index is 0.0524. The number of halogens is 1. The maximum Gasteiger partial charge on any atom is 0.0481 e. The molecule has 2 heteroatoms. The van der Waals surface area contributed by atoms with Gasteiger partial charge in [-0.15, -0.1) is 0 Å². The topological polar surface area (TPSA) is 12.0 Å². The van der Waals surface area contributed by atoms with Gasteiger partial charge in [-0.2, -0.15) is 0 Å². The summed E-state index contributed by atoms with van der Waals surface area (Å²) in [6.45, 7) is 4.42. The molecule has 1 aromatic carbocycles. The first-order valence-electron chi connectivity index (χ1n) is 5.72. The van der Waals surface area contributed by atoms with Gasteiger partial charge in [0.25, 0.3) is 0 Å². The van der Waals surface area contributed by atoms with Crippen LogP contribution in [0.3, 0.4) is 0 Å². The number of nitrogens with one attached hydrogen (secondary N) is 1. The Bertz CT molecular complexity index is 432. The van der Waals surface area contributed by atoms with E-state index < -0.39 is 0 Å². The number of hydrogen-bond acceptors (Lipinski definition) is 1. The number of benzene rings is 1. The van der Waals surface area contributed by atoms with Crippen molar-refractivity contribution in [3.8, 4) is 0 Å². The van der Waals surface area contributed by atoms with Crippen LogP contribution in [0.15, 0.2) is 23.8 Å². The van der Waals surface area contributed by atoms with E-state index in [9.17, 15) is 0 Å². The Kier molecular flexibility index (Phi) is 3.09. The molecule has 2 rings (SSSR count). The van der Waals surface area contributed by atoms with Crippen molar-refractivity contribution in [3.05, 3.63) is 39.9 Å². The minimum Gasteiger partial charge on any atom is -0.311 e. The molecule has 0 unspecified atom stereocenters. The molecule has 0 bridgehead atoms. The summed E-state index contributed by atoms with van der Waals surface area (Å²) >= 11 is 6.24. The fraction of sp³-hybridized carbons (Fsp3) is 0.429. The average molecular weight is 236 g/mol. The third-order valence-electron chi connectivity index (χ3n) is 3.55. The summed E-state index contributed by atoms with van der Waals surface area (Å²) in [5, 5.41) is 4.21. The van der Waals surface area contributed by atoms with Crippen LogP contribution in [0.1, 0.15) is 31.4 Å². The molecule has 0 aromatic heterocycles. The van der Waals surface area contributed by atoms with Crippen molar-refractivity contribution >= 4 is 17.7 Å². The van der Waals surface area contributed by atoms with E-state index in [0.29, 0.717) is 0 Å². The summed E-state index contributed by atoms with van der Waals surface area (Å²) < 4.78 is 0. The van der Waals surface area contributed by atoms with E-state index in [2.05, 4.69) is 31.3 Å². The van der Waals surface area contributed by atoms with Crippen LogP contribution in [-0.4, -0.2) is 12.6 Å². The Labute approximate surface area is 103 Å². The highest BCUT2D eigenvalue weighted by atomic mass is 35.5. The lowest BCUT2D eigenvalue weighted by Gasteiger charge is -2.31. The first-order valence-corrected chi connectivity index (χ1v) is 6.10. The van der Waals surface area contributed by atoms with E-state index in [1.54, 1.807) is 0 Å². The van der Waals surface area contributed by atoms with Gasteiger partial charge in [-0.1, -0.05) is 29.8 Å². The van der Waals surface area contributed by atoms with Crippen LogP contribution in [0.25, 0.3) is 6.08 Å². The molecule has 0 amide bonds. The number of fused-ring (bicyclic) bond motifs is 1. The smallest absolute Gasteiger partial charge is 0.0481 e. The summed E-state index contributed by atoms with van der Waals surface area (Å²) in [4.78, 5) is 0. The van der Waals surface area contributed by atoms with Gasteiger partial charge in [0, 0.05) is 10.6 Å². The zero-order valence-electron chi connectivity index (χ0n) is 10.1. The zero-order valence-corrected chi connectivity index (χ0v) is 10.9. The second-order valence-electron chi connectivity index (χ2n) is 4.86. The van der Waals surface area contributed by atoms with Crippen LogP contribution < -0.4 is 5.32 Å². The van der Waals surface area contributed by atoms with E-state index >= 15 is 0 Å². The Balaban J connectivity index is 2.45. The van der Waals surface area contributed by atoms with E-state index in [-0.39, 0.29) is 5.54 Å². The Morgan fingerprint density at radius 1 is 1.25 bits per heavy atom. The number of aryl methyl sites for hydroxylation is 1. The van der Waals surface area contributed by atoms with E-state index in [0.717, 1.165) is 17.9 Å². The molecule has 0 saturated carbocycles. The number of hydrogen-bond donors (Lipinski definition) is 1. The normalized spacial score (nSPS) is 15.6. The summed E-state index contributed by atoms with van der Waals surface area (Å²) in [5.41, 5.74) is 4.05. The Morgan fingerprint density at radius 3 is 2.69 bits per heavy atom. The van der Waals surface area contributed by atoms with Gasteiger partial charge in [-0.05, 0) is 56.5 Å². The minimum absolute atomic E-state index is 0.0524. The van der Waals surface area contributed by atoms with Crippen molar-refractivity contribution in [2.24, 2.45) is 0 Å². The fourth-order valence-corrected chi connectivity index (χ4v) is 2.38. The Morgan fingerprint density at radius 2 is 2.00 bits per heavy atom. The third-order valence-corrected chi connectivity index (χ3v) is 3.88. The van der Waals surface area contributed by atoms with Gasteiger partial charge in [0.2, 0.25) is 0 Å². The van der Waals surface area contributed by atoms with Crippen molar-refractivity contribution < 1.29 is 0 Å². The summed E-state index contributed by atoms with van der Waals surface area (Å²) in [5.74, 6) is 0. The van der Waals surface area contributed by atoms with Crippen LogP contribution in [0.5, 0.6) is 0 Å². The molecule has 0 saturated heterocycles. The van der Waals surface area contributed by atoms with Gasteiger partial charge in [0.05, 0.1) is 0 Å². The molecule has 1 nitrogen and oxygen atoms in total. The van der Waals surface area contributed by atoms with Gasteiger partial charge in [0.15, 0.2) is 0 Å². The predicted octanol–water partition coefficient (Wildman–Crippen LogP) is 3.67. The van der Waals surface area contributed by atoms with Gasteiger partial charge in [0.1, 0.15) is 0 Å². The maximum atomic E-state index is 6.24. The lowest BCUT2D eigenvalue weighted by atomic mass is 9.83. The molecule has 0 spiro atoms. The lowest BCUT2D eigenvalue weighted by molar-refractivity contribution is 0.481. The SMILES string of the molecule is CNC(C)(C)C1=Cc2c(Cl)cccc2CC1. The van der Waals surface area contributed by atoms with Crippen LogP contribution in [-0.2, 0) is 6.42 Å². The van der Waals surface area contributed by atoms with Crippen LogP contribution in [0, 0.1) is 0 Å². The average Bonchev–Trinajstić information content (AvgIpc) is 2.29. The largest absolute Gasteiger partial charge is 0.311 e. The first-order chi connectivity index (χ1) is 7.54. The van der Waals surface area contributed by atoms with Crippen molar-refractivity contribution in [1.82, 2.24) is 5.32 Å². The molecular weight excluding hydrogens is 218 g/mol. The molecule has 0 fully saturated rings. The molecule has 1 N–H and O–H groups in total. The molecular formula is C14H18ClN. The summed E-state index contributed by atoms with van der Waals surface area (Å²) in [6.07, 6.45) is 4.45. The summed E-state index contributed by atoms with van der Waals surface area (Å²) in [7, 11) is 2.00. The van der Waals surface area contributed by atoms with Crippen LogP contribution in [0.2, 0.25) is 5.02 Å². The first kappa shape index (κ1) is 11.7. The quantitative estimate of drug-likeness (QED) is 0.825. The highest BCUT2D eigenvalue weighted by Gasteiger charge is 2.24. The molecule has 16 heavy (non-hydrogen) atoms. The van der Waals surface area contributed by atoms with Gasteiger partial charge in [-0.3, -0.25) is 0 Å². The molecule has 0 atom stereocenters. The molecule has 1 aliphatic rings. The van der Waals surface area contributed by atoms with Gasteiger partial charge < -0.3 is 5.32 Å². The molecule has 1 aromatic rings. The Hall–Kier alpha value is -0.790. The fourth-order valence-electron chi connectivity index (χ4n) is 2.13. The third kappa shape index (κ3) is 2.02. The van der Waals surface area contributed by atoms with Crippen molar-refractivity contribution in [2.75, 3.05) is 7.05 Å². The zero-order chi connectivity index (χ0) is 11.8. The van der Waals surface area contributed by atoms with Crippen LogP contribution >= 0.6 is 11.6 Å². The number of rotatable bonds is 2. The van der Waals surface area contributed by atoms with Gasteiger partial charge >= 0.3 is 0 Å². The molecule has 0 aliphatic heterocycles. The number of likely N-dealkylation sites (N-methyl/N-ethyl adjacent to an activating group) is 1. The second-order valence-corrected chi connectivity index (χ2v) is 5.26. The molecule has 0 radical (unpaired) electrons. The highest BCUT2D eigenvalue weighted by Crippen LogP contribution is 2.33. The molecule has 0 heterocycles. The highest BCUT2D eigenvalue weighted by molar-refractivity contribution is 6.32. The van der Waals surface area contributed by atoms with Crippen molar-refractivity contribution in [3.63, 3.8) is 0 Å². The lowest BCUT2D eigenvalue weighted by Crippen LogP contribution is -2.38. The van der Waals surface area contributed by atoms with Crippen molar-refractivity contribution in [1.29, 1.82) is 0 Å². The van der Waals surface area contributed by atoms with Gasteiger partial charge in [-0.25, -0.2) is 0 Å². The standard InChI is InChI=1S/C14H18ClN/c1-14(2,16-3)11-8-7-10-5-4-6-13(15)12(10)9-11/h4-6,9,16H,7-8H2,1-3H3. The molecule has 1 aliphatic carbocycles. The van der Waals surface area contributed by atoms with E-state index in [1.165, 1.54) is 16.7 Å². The molecule has 86 valence electrons.